The first-order valence-electron chi connectivity index (χ1n) is 11.3. The molecule has 0 aliphatic heterocycles. The summed E-state index contributed by atoms with van der Waals surface area (Å²) in [6.07, 6.45) is 4.35. The van der Waals surface area contributed by atoms with Crippen molar-refractivity contribution in [1.82, 2.24) is 0 Å². The molecule has 0 spiro atoms. The zero-order valence-corrected chi connectivity index (χ0v) is 19.9. The minimum absolute atomic E-state index is 0.119. The number of hydrogen-bond donors (Lipinski definition) is 0. The number of rotatable bonds is 11. The smallest absolute Gasteiger partial charge is 0.312 e. The summed E-state index contributed by atoms with van der Waals surface area (Å²) in [5.74, 6) is -0.704. The van der Waals surface area contributed by atoms with Crippen LogP contribution in [0.25, 0.3) is 0 Å². The third-order valence-electron chi connectivity index (χ3n) is 5.20. The molecule has 0 fully saturated rings. The van der Waals surface area contributed by atoms with Crippen molar-refractivity contribution in [3.63, 3.8) is 0 Å². The molecule has 5 heteroatoms. The highest BCUT2D eigenvalue weighted by Gasteiger charge is 2.17. The SMILES string of the molecule is CCCCCCC(=O)C(=NOC(=O)c1ccccc1)c1ccc(Sc2ccccc2C)cc1. The number of oxime groups is 1. The van der Waals surface area contributed by atoms with Gasteiger partial charge in [0.2, 0.25) is 0 Å². The van der Waals surface area contributed by atoms with E-state index in [1.165, 1.54) is 10.5 Å². The fourth-order valence-electron chi connectivity index (χ4n) is 3.29. The molecule has 4 nitrogen and oxygen atoms in total. The molecule has 0 saturated heterocycles. The zero-order valence-electron chi connectivity index (χ0n) is 19.1. The van der Waals surface area contributed by atoms with E-state index in [0.717, 1.165) is 30.6 Å². The van der Waals surface area contributed by atoms with Gasteiger partial charge in [-0.2, -0.15) is 0 Å². The van der Waals surface area contributed by atoms with Crippen LogP contribution in [-0.2, 0) is 9.63 Å². The summed E-state index contributed by atoms with van der Waals surface area (Å²) < 4.78 is 0. The second-order valence-corrected chi connectivity index (χ2v) is 8.93. The summed E-state index contributed by atoms with van der Waals surface area (Å²) in [5.41, 5.74) is 2.43. The van der Waals surface area contributed by atoms with Gasteiger partial charge in [0.25, 0.3) is 0 Å². The first-order chi connectivity index (χ1) is 16.1. The van der Waals surface area contributed by atoms with Crippen LogP contribution in [0.2, 0.25) is 0 Å². The van der Waals surface area contributed by atoms with Crippen molar-refractivity contribution in [1.29, 1.82) is 0 Å². The van der Waals surface area contributed by atoms with E-state index in [9.17, 15) is 9.59 Å². The Bertz CT molecular complexity index is 1090. The lowest BCUT2D eigenvalue weighted by Crippen LogP contribution is -2.17. The molecule has 0 atom stereocenters. The number of nitrogens with zero attached hydrogens (tertiary/aromatic N) is 1. The highest BCUT2D eigenvalue weighted by molar-refractivity contribution is 7.99. The maximum absolute atomic E-state index is 12.9. The molecule has 0 aliphatic rings. The summed E-state index contributed by atoms with van der Waals surface area (Å²) in [6.45, 7) is 4.22. The van der Waals surface area contributed by atoms with Crippen molar-refractivity contribution >= 4 is 29.2 Å². The van der Waals surface area contributed by atoms with Crippen LogP contribution in [0.4, 0.5) is 0 Å². The van der Waals surface area contributed by atoms with Crippen LogP contribution in [-0.4, -0.2) is 17.5 Å². The van der Waals surface area contributed by atoms with Gasteiger partial charge in [0.15, 0.2) is 11.5 Å². The number of aryl methyl sites for hydroxylation is 1. The molecule has 0 aromatic heterocycles. The second kappa shape index (κ2) is 12.8. The molecule has 170 valence electrons. The molecule has 0 aliphatic carbocycles. The van der Waals surface area contributed by atoms with Gasteiger partial charge < -0.3 is 4.84 Å². The molecule has 33 heavy (non-hydrogen) atoms. The lowest BCUT2D eigenvalue weighted by Gasteiger charge is -2.08. The van der Waals surface area contributed by atoms with Crippen molar-refractivity contribution in [2.45, 2.75) is 55.7 Å². The van der Waals surface area contributed by atoms with Crippen LogP contribution in [0.15, 0.2) is 93.8 Å². The topological polar surface area (TPSA) is 55.7 Å². The van der Waals surface area contributed by atoms with E-state index in [1.807, 2.05) is 42.5 Å². The predicted octanol–water partition coefficient (Wildman–Crippen LogP) is 7.25. The number of benzene rings is 3. The van der Waals surface area contributed by atoms with Crippen LogP contribution < -0.4 is 0 Å². The quantitative estimate of drug-likeness (QED) is 0.131. The van der Waals surface area contributed by atoms with Crippen LogP contribution in [0.5, 0.6) is 0 Å². The van der Waals surface area contributed by atoms with Crippen molar-refractivity contribution in [2.24, 2.45) is 5.16 Å². The van der Waals surface area contributed by atoms with Gasteiger partial charge >= 0.3 is 5.97 Å². The normalized spacial score (nSPS) is 11.3. The molecule has 0 saturated carbocycles. The summed E-state index contributed by atoms with van der Waals surface area (Å²) in [5, 5.41) is 4.01. The van der Waals surface area contributed by atoms with Crippen LogP contribution in [0, 0.1) is 6.92 Å². The van der Waals surface area contributed by atoms with Gasteiger partial charge in [0.05, 0.1) is 5.56 Å². The molecule has 0 bridgehead atoms. The first kappa shape index (κ1) is 24.5. The highest BCUT2D eigenvalue weighted by Crippen LogP contribution is 2.30. The Labute approximate surface area is 200 Å². The van der Waals surface area contributed by atoms with Crippen LogP contribution in [0.3, 0.4) is 0 Å². The third kappa shape index (κ3) is 7.43. The predicted molar refractivity (Wildman–Crippen MR) is 134 cm³/mol. The monoisotopic (exact) mass is 459 g/mol. The van der Waals surface area contributed by atoms with Gasteiger partial charge in [-0.1, -0.05) is 91.6 Å². The van der Waals surface area contributed by atoms with E-state index in [1.54, 1.807) is 36.0 Å². The number of ketones is 1. The first-order valence-corrected chi connectivity index (χ1v) is 12.1. The Morgan fingerprint density at radius 2 is 1.52 bits per heavy atom. The Morgan fingerprint density at radius 3 is 2.21 bits per heavy atom. The summed E-state index contributed by atoms with van der Waals surface area (Å²) in [7, 11) is 0. The molecule has 3 rings (SSSR count). The Kier molecular flexibility index (Phi) is 9.45. The number of Topliss-reactive ketones (excluding diaryl/α,β-unsaturated/α-hetero) is 1. The largest absolute Gasteiger partial charge is 0.365 e. The van der Waals surface area contributed by atoms with E-state index >= 15 is 0 Å². The maximum atomic E-state index is 12.9. The Morgan fingerprint density at radius 1 is 0.818 bits per heavy atom. The molecule has 0 amide bonds. The fourth-order valence-corrected chi connectivity index (χ4v) is 4.19. The lowest BCUT2D eigenvalue weighted by atomic mass is 10.0. The second-order valence-electron chi connectivity index (χ2n) is 7.81. The molecule has 0 heterocycles. The zero-order chi connectivity index (χ0) is 23.5. The standard InChI is InChI=1S/C28H29NO3S/c1-3-4-5-9-15-25(30)27(29-32-28(31)23-13-7-6-8-14-23)22-17-19-24(20-18-22)33-26-16-11-10-12-21(26)2/h6-8,10-14,16-20H,3-5,9,15H2,1-2H3. The molecule has 0 unspecified atom stereocenters. The van der Waals surface area contributed by atoms with Crippen LogP contribution >= 0.6 is 11.8 Å². The van der Waals surface area contributed by atoms with Gasteiger partial charge in [-0.25, -0.2) is 4.79 Å². The van der Waals surface area contributed by atoms with Crippen molar-refractivity contribution < 1.29 is 14.4 Å². The van der Waals surface area contributed by atoms with Gasteiger partial charge in [-0.15, -0.1) is 0 Å². The molecule has 3 aromatic carbocycles. The minimum atomic E-state index is -0.585. The van der Waals surface area contributed by atoms with Crippen LogP contribution in [0.1, 0.15) is 60.5 Å². The molecular weight excluding hydrogens is 430 g/mol. The molecule has 0 N–H and O–H groups in total. The molecular formula is C28H29NO3S. The van der Waals surface area contributed by atoms with Crippen molar-refractivity contribution in [3.8, 4) is 0 Å². The number of hydrogen-bond acceptors (Lipinski definition) is 5. The van der Waals surface area contributed by atoms with E-state index in [0.29, 0.717) is 17.5 Å². The van der Waals surface area contributed by atoms with Gasteiger partial charge in [-0.3, -0.25) is 4.79 Å². The van der Waals surface area contributed by atoms with Gasteiger partial charge in [0.1, 0.15) is 0 Å². The Balaban J connectivity index is 1.78. The molecule has 0 radical (unpaired) electrons. The van der Waals surface area contributed by atoms with E-state index in [4.69, 9.17) is 4.84 Å². The highest BCUT2D eigenvalue weighted by atomic mass is 32.2. The van der Waals surface area contributed by atoms with E-state index < -0.39 is 5.97 Å². The summed E-state index contributed by atoms with van der Waals surface area (Å²) in [6, 6.07) is 24.5. The van der Waals surface area contributed by atoms with E-state index in [2.05, 4.69) is 31.1 Å². The lowest BCUT2D eigenvalue weighted by molar-refractivity contribution is -0.113. The van der Waals surface area contributed by atoms with Gasteiger partial charge in [-0.05, 0) is 49.2 Å². The van der Waals surface area contributed by atoms with Crippen molar-refractivity contribution in [2.75, 3.05) is 0 Å². The average Bonchev–Trinajstić information content (AvgIpc) is 2.85. The fraction of sp³-hybridized carbons (Fsp3) is 0.250. The summed E-state index contributed by atoms with van der Waals surface area (Å²) in [4.78, 5) is 32.7. The Hall–Kier alpha value is -3.18. The third-order valence-corrected chi connectivity index (χ3v) is 6.39. The van der Waals surface area contributed by atoms with Crippen molar-refractivity contribution in [3.05, 3.63) is 95.6 Å². The molecule has 3 aromatic rings. The van der Waals surface area contributed by atoms with Gasteiger partial charge in [0, 0.05) is 21.8 Å². The maximum Gasteiger partial charge on any atom is 0.365 e. The number of unbranched alkanes of at least 4 members (excludes halogenated alkanes) is 3. The minimum Gasteiger partial charge on any atom is -0.312 e. The number of carbonyl (C=O) groups is 2. The summed E-state index contributed by atoms with van der Waals surface area (Å²) >= 11 is 1.67. The number of carbonyl (C=O) groups excluding carboxylic acids is 2. The average molecular weight is 460 g/mol. The van der Waals surface area contributed by atoms with E-state index in [-0.39, 0.29) is 11.5 Å².